The van der Waals surface area contributed by atoms with E-state index in [1.807, 2.05) is 36.4 Å². The Balaban J connectivity index is 1.29. The molecule has 2 aromatic heterocycles. The molecular formula is C24H24ClN5O2. The van der Waals surface area contributed by atoms with Crippen molar-refractivity contribution in [3.63, 3.8) is 0 Å². The number of nitrogens with one attached hydrogen (secondary N) is 2. The molecule has 3 aromatic rings. The van der Waals surface area contributed by atoms with Crippen molar-refractivity contribution in [1.82, 2.24) is 25.4 Å². The fourth-order valence-electron chi connectivity index (χ4n) is 4.82. The normalized spacial score (nSPS) is 19.0. The Hall–Kier alpha value is -3.19. The molecule has 2 fully saturated rings. The number of amides is 2. The van der Waals surface area contributed by atoms with Gasteiger partial charge in [-0.15, -0.1) is 0 Å². The molecule has 1 aliphatic carbocycles. The van der Waals surface area contributed by atoms with Gasteiger partial charge in [0.05, 0.1) is 23.9 Å². The largest absolute Gasteiger partial charge is 0.350 e. The monoisotopic (exact) mass is 449 g/mol. The van der Waals surface area contributed by atoms with E-state index in [4.69, 9.17) is 11.6 Å². The Morgan fingerprint density at radius 1 is 1.19 bits per heavy atom. The first-order valence-corrected chi connectivity index (χ1v) is 11.2. The number of halogens is 1. The van der Waals surface area contributed by atoms with Crippen molar-refractivity contribution >= 4 is 23.4 Å². The Morgan fingerprint density at radius 3 is 2.78 bits per heavy atom. The van der Waals surface area contributed by atoms with Crippen molar-refractivity contribution in [3.8, 4) is 11.3 Å². The molecule has 1 spiro atoms. The van der Waals surface area contributed by atoms with Gasteiger partial charge in [-0.25, -0.2) is 0 Å². The van der Waals surface area contributed by atoms with Gasteiger partial charge in [-0.3, -0.25) is 19.7 Å². The van der Waals surface area contributed by atoms with Crippen molar-refractivity contribution in [2.45, 2.75) is 25.8 Å². The highest BCUT2D eigenvalue weighted by molar-refractivity contribution is 6.30. The van der Waals surface area contributed by atoms with Crippen LogP contribution in [0.3, 0.4) is 0 Å². The van der Waals surface area contributed by atoms with Crippen molar-refractivity contribution in [3.05, 3.63) is 71.1 Å². The maximum absolute atomic E-state index is 13.2. The first-order chi connectivity index (χ1) is 15.5. The molecule has 164 valence electrons. The number of pyridine rings is 1. The molecule has 1 saturated carbocycles. The number of hydrogen-bond acceptors (Lipinski definition) is 4. The van der Waals surface area contributed by atoms with Crippen LogP contribution >= 0.6 is 11.6 Å². The number of rotatable bonds is 5. The molecule has 2 aliphatic rings. The minimum Gasteiger partial charge on any atom is -0.350 e. The summed E-state index contributed by atoms with van der Waals surface area (Å²) in [5.41, 5.74) is 2.62. The van der Waals surface area contributed by atoms with E-state index in [9.17, 15) is 9.59 Å². The lowest BCUT2D eigenvalue weighted by molar-refractivity contribution is -0.129. The fraction of sp³-hybridized carbons (Fsp3) is 0.333. The van der Waals surface area contributed by atoms with Gasteiger partial charge in [-0.2, -0.15) is 5.10 Å². The summed E-state index contributed by atoms with van der Waals surface area (Å²) in [6, 6.07) is 14.7. The highest BCUT2D eigenvalue weighted by Gasteiger charge is 2.54. The van der Waals surface area contributed by atoms with Gasteiger partial charge in [-0.05, 0) is 43.2 Å². The average Bonchev–Trinajstić information content (AvgIpc) is 3.43. The van der Waals surface area contributed by atoms with Gasteiger partial charge in [0.1, 0.15) is 5.69 Å². The summed E-state index contributed by atoms with van der Waals surface area (Å²) in [6.07, 6.45) is 4.74. The molecular weight excluding hydrogens is 426 g/mol. The lowest BCUT2D eigenvalue weighted by Gasteiger charge is -2.41. The van der Waals surface area contributed by atoms with Crippen LogP contribution in [0.1, 0.15) is 35.4 Å². The molecule has 8 heteroatoms. The van der Waals surface area contributed by atoms with Crippen LogP contribution in [0, 0.1) is 11.3 Å². The number of aromatic nitrogens is 3. The summed E-state index contributed by atoms with van der Waals surface area (Å²) in [4.78, 5) is 32.3. The summed E-state index contributed by atoms with van der Waals surface area (Å²) in [5.74, 6) is -0.341. The number of benzene rings is 1. The van der Waals surface area contributed by atoms with Crippen molar-refractivity contribution < 1.29 is 9.59 Å². The van der Waals surface area contributed by atoms with E-state index in [2.05, 4.69) is 20.5 Å². The quantitative estimate of drug-likeness (QED) is 0.621. The van der Waals surface area contributed by atoms with Crippen LogP contribution in [0.4, 0.5) is 0 Å². The van der Waals surface area contributed by atoms with E-state index in [0.717, 1.165) is 30.5 Å². The fourth-order valence-corrected chi connectivity index (χ4v) is 5.01. The summed E-state index contributed by atoms with van der Waals surface area (Å²) in [5, 5.41) is 10.8. The minimum absolute atomic E-state index is 0.00474. The molecule has 5 rings (SSSR count). The van der Waals surface area contributed by atoms with Crippen LogP contribution in [0.2, 0.25) is 5.02 Å². The van der Waals surface area contributed by atoms with Crippen molar-refractivity contribution in [1.29, 1.82) is 0 Å². The molecule has 1 atom stereocenters. The topological polar surface area (TPSA) is 91.0 Å². The van der Waals surface area contributed by atoms with Gasteiger partial charge in [-0.1, -0.05) is 36.2 Å². The van der Waals surface area contributed by atoms with Gasteiger partial charge in [0.2, 0.25) is 5.91 Å². The predicted octanol–water partition coefficient (Wildman–Crippen LogP) is 3.68. The zero-order valence-corrected chi connectivity index (χ0v) is 18.3. The molecule has 2 amide bonds. The van der Waals surface area contributed by atoms with E-state index in [1.165, 1.54) is 0 Å². The Bertz CT molecular complexity index is 1140. The Kier molecular flexibility index (Phi) is 5.43. The second-order valence-electron chi connectivity index (χ2n) is 8.67. The van der Waals surface area contributed by atoms with Gasteiger partial charge >= 0.3 is 0 Å². The molecule has 32 heavy (non-hydrogen) atoms. The number of carbonyl (C=O) groups is 2. The zero-order chi connectivity index (χ0) is 22.1. The third-order valence-corrected chi connectivity index (χ3v) is 6.93. The summed E-state index contributed by atoms with van der Waals surface area (Å²) >= 11 is 6.08. The van der Waals surface area contributed by atoms with Gasteiger partial charge in [0.25, 0.3) is 5.91 Å². The van der Waals surface area contributed by atoms with Crippen LogP contribution < -0.4 is 5.32 Å². The van der Waals surface area contributed by atoms with Gasteiger partial charge < -0.3 is 10.2 Å². The summed E-state index contributed by atoms with van der Waals surface area (Å²) < 4.78 is 0. The number of aromatic amines is 1. The Labute approximate surface area is 191 Å². The van der Waals surface area contributed by atoms with Crippen molar-refractivity contribution in [2.24, 2.45) is 11.3 Å². The van der Waals surface area contributed by atoms with Crippen LogP contribution in [0.15, 0.2) is 54.7 Å². The lowest BCUT2D eigenvalue weighted by Crippen LogP contribution is -2.45. The molecule has 0 radical (unpaired) electrons. The first-order valence-electron chi connectivity index (χ1n) is 10.8. The molecule has 0 bridgehead atoms. The summed E-state index contributed by atoms with van der Waals surface area (Å²) in [7, 11) is 0. The number of nitrogens with zero attached hydrogens (tertiary/aromatic N) is 3. The first kappa shape index (κ1) is 20.7. The number of H-pyrrole nitrogens is 1. The van der Waals surface area contributed by atoms with E-state index >= 15 is 0 Å². The molecule has 3 heterocycles. The lowest BCUT2D eigenvalue weighted by atomic mass is 9.62. The second kappa shape index (κ2) is 8.39. The number of hydrogen-bond donors (Lipinski definition) is 2. The average molecular weight is 450 g/mol. The number of carbonyl (C=O) groups excluding carboxylic acids is 2. The third kappa shape index (κ3) is 3.88. The van der Waals surface area contributed by atoms with Crippen LogP contribution in [-0.4, -0.2) is 45.0 Å². The highest BCUT2D eigenvalue weighted by atomic mass is 35.5. The smallest absolute Gasteiger partial charge is 0.271 e. The molecule has 2 N–H and O–H groups in total. The highest BCUT2D eigenvalue weighted by Crippen LogP contribution is 2.52. The molecule has 1 saturated heterocycles. The van der Waals surface area contributed by atoms with Crippen LogP contribution in [0.25, 0.3) is 11.3 Å². The molecule has 1 aliphatic heterocycles. The molecule has 1 unspecified atom stereocenters. The molecule has 7 nitrogen and oxygen atoms in total. The van der Waals surface area contributed by atoms with E-state index < -0.39 is 0 Å². The van der Waals surface area contributed by atoms with Crippen LogP contribution in [0.5, 0.6) is 0 Å². The SMILES string of the molecule is O=C(NCc1ccccn1)C1CN(C(=O)c2cc(-c3cccc(Cl)c3)n[nH]2)CC12CCC2. The summed E-state index contributed by atoms with van der Waals surface area (Å²) in [6.45, 7) is 1.40. The standard InChI is InChI=1S/C24H24ClN5O2/c25-17-6-3-5-16(11-17)20-12-21(29-28-20)23(32)30-14-19(24(15-30)8-4-9-24)22(31)27-13-18-7-1-2-10-26-18/h1-3,5-7,10-12,19H,4,8-9,13-15H2,(H,27,31)(H,28,29). The zero-order valence-electron chi connectivity index (χ0n) is 17.6. The minimum atomic E-state index is -0.209. The maximum Gasteiger partial charge on any atom is 0.271 e. The van der Waals surface area contributed by atoms with Gasteiger partial charge in [0, 0.05) is 35.3 Å². The maximum atomic E-state index is 13.2. The van der Waals surface area contributed by atoms with Gasteiger partial charge in [0.15, 0.2) is 0 Å². The van der Waals surface area contributed by atoms with E-state index in [-0.39, 0.29) is 23.1 Å². The van der Waals surface area contributed by atoms with Crippen molar-refractivity contribution in [2.75, 3.05) is 13.1 Å². The number of likely N-dealkylation sites (tertiary alicyclic amines) is 1. The molecule has 1 aromatic carbocycles. The second-order valence-corrected chi connectivity index (χ2v) is 9.11. The predicted molar refractivity (Wildman–Crippen MR) is 121 cm³/mol. The van der Waals surface area contributed by atoms with E-state index in [1.54, 1.807) is 23.2 Å². The van der Waals surface area contributed by atoms with Crippen LogP contribution in [-0.2, 0) is 11.3 Å². The third-order valence-electron chi connectivity index (χ3n) is 6.70. The Morgan fingerprint density at radius 2 is 2.06 bits per heavy atom. The van der Waals surface area contributed by atoms with E-state index in [0.29, 0.717) is 36.0 Å².